The summed E-state index contributed by atoms with van der Waals surface area (Å²) in [7, 11) is 0. The highest BCUT2D eigenvalue weighted by Gasteiger charge is 1.98. The Morgan fingerprint density at radius 3 is 2.92 bits per heavy atom. The van der Waals surface area contributed by atoms with E-state index in [0.29, 0.717) is 0 Å². The molecule has 0 aromatic carbocycles. The van der Waals surface area contributed by atoms with Crippen LogP contribution in [0.3, 0.4) is 0 Å². The highest BCUT2D eigenvalue weighted by molar-refractivity contribution is 5.78. The lowest BCUT2D eigenvalue weighted by molar-refractivity contribution is 1.23. The summed E-state index contributed by atoms with van der Waals surface area (Å²) in [5.41, 5.74) is 2.04. The van der Waals surface area contributed by atoms with Crippen molar-refractivity contribution in [2.24, 2.45) is 0 Å². The van der Waals surface area contributed by atoms with Crippen LogP contribution in [-0.4, -0.2) is 9.97 Å². The van der Waals surface area contributed by atoms with Crippen LogP contribution in [-0.2, 0) is 6.42 Å². The van der Waals surface area contributed by atoms with E-state index in [2.05, 4.69) is 16.5 Å². The minimum atomic E-state index is 0.807. The SMILES string of the molecule is C=CCc1ccnc2ncccc12. The zero-order chi connectivity index (χ0) is 9.10. The molecule has 0 radical (unpaired) electrons. The van der Waals surface area contributed by atoms with Crippen LogP contribution in [0.4, 0.5) is 0 Å². The number of aromatic nitrogens is 2. The number of pyridine rings is 2. The van der Waals surface area contributed by atoms with Gasteiger partial charge in [0.05, 0.1) is 0 Å². The zero-order valence-corrected chi connectivity index (χ0v) is 7.27. The van der Waals surface area contributed by atoms with Gasteiger partial charge in [-0.05, 0) is 30.2 Å². The highest BCUT2D eigenvalue weighted by Crippen LogP contribution is 2.14. The lowest BCUT2D eigenvalue weighted by Gasteiger charge is -2.00. The van der Waals surface area contributed by atoms with E-state index in [1.54, 1.807) is 12.4 Å². The van der Waals surface area contributed by atoms with Crippen molar-refractivity contribution in [3.05, 3.63) is 48.8 Å². The molecule has 2 aromatic rings. The van der Waals surface area contributed by atoms with Crippen molar-refractivity contribution in [2.45, 2.75) is 6.42 Å². The van der Waals surface area contributed by atoms with Crippen LogP contribution in [0.15, 0.2) is 43.2 Å². The first-order chi connectivity index (χ1) is 6.42. The maximum absolute atomic E-state index is 4.18. The van der Waals surface area contributed by atoms with Gasteiger partial charge < -0.3 is 0 Å². The molecule has 0 aliphatic rings. The fourth-order valence-electron chi connectivity index (χ4n) is 1.37. The fraction of sp³-hybridized carbons (Fsp3) is 0.0909. The molecule has 2 heteroatoms. The van der Waals surface area contributed by atoms with Gasteiger partial charge in [-0.1, -0.05) is 6.08 Å². The summed E-state index contributed by atoms with van der Waals surface area (Å²) in [5.74, 6) is 0. The Kier molecular flexibility index (Phi) is 2.04. The monoisotopic (exact) mass is 170 g/mol. The number of hydrogen-bond donors (Lipinski definition) is 0. The van der Waals surface area contributed by atoms with Gasteiger partial charge in [0.15, 0.2) is 5.65 Å². The van der Waals surface area contributed by atoms with Crippen LogP contribution in [0.5, 0.6) is 0 Å². The van der Waals surface area contributed by atoms with Crippen LogP contribution < -0.4 is 0 Å². The Bertz CT molecular complexity index is 430. The van der Waals surface area contributed by atoms with Gasteiger partial charge in [0.1, 0.15) is 0 Å². The van der Waals surface area contributed by atoms with Crippen LogP contribution >= 0.6 is 0 Å². The van der Waals surface area contributed by atoms with Crippen molar-refractivity contribution < 1.29 is 0 Å². The molecular formula is C11H10N2. The standard InChI is InChI=1S/C11H10N2/c1-2-4-9-6-8-13-11-10(9)5-3-7-12-11/h2-3,5-8H,1,4H2. The topological polar surface area (TPSA) is 25.8 Å². The number of rotatable bonds is 2. The van der Waals surface area contributed by atoms with E-state index in [0.717, 1.165) is 17.5 Å². The van der Waals surface area contributed by atoms with Crippen LogP contribution in [0.1, 0.15) is 5.56 Å². The molecule has 0 fully saturated rings. The molecule has 0 saturated carbocycles. The third kappa shape index (κ3) is 1.43. The Balaban J connectivity index is 2.68. The molecule has 0 unspecified atom stereocenters. The van der Waals surface area contributed by atoms with Crippen molar-refractivity contribution in [3.8, 4) is 0 Å². The van der Waals surface area contributed by atoms with E-state index in [4.69, 9.17) is 0 Å². The number of nitrogens with zero attached hydrogens (tertiary/aromatic N) is 2. The van der Waals surface area contributed by atoms with Crippen molar-refractivity contribution in [2.75, 3.05) is 0 Å². The largest absolute Gasteiger partial charge is 0.237 e. The average Bonchev–Trinajstić information content (AvgIpc) is 2.19. The number of fused-ring (bicyclic) bond motifs is 1. The van der Waals surface area contributed by atoms with Crippen LogP contribution in [0.25, 0.3) is 11.0 Å². The molecule has 0 aliphatic carbocycles. The predicted octanol–water partition coefficient (Wildman–Crippen LogP) is 2.36. The molecule has 0 atom stereocenters. The molecule has 0 spiro atoms. The maximum Gasteiger partial charge on any atom is 0.159 e. The summed E-state index contributed by atoms with van der Waals surface area (Å²) < 4.78 is 0. The first-order valence-electron chi connectivity index (χ1n) is 4.21. The molecule has 13 heavy (non-hydrogen) atoms. The molecule has 2 aromatic heterocycles. The van der Waals surface area contributed by atoms with Gasteiger partial charge in [0.2, 0.25) is 0 Å². The van der Waals surface area contributed by atoms with E-state index in [1.165, 1.54) is 5.56 Å². The quantitative estimate of drug-likeness (QED) is 0.646. The predicted molar refractivity (Wildman–Crippen MR) is 53.4 cm³/mol. The minimum Gasteiger partial charge on any atom is -0.237 e. The molecule has 0 aliphatic heterocycles. The van der Waals surface area contributed by atoms with Crippen molar-refractivity contribution in [3.63, 3.8) is 0 Å². The fourth-order valence-corrected chi connectivity index (χ4v) is 1.37. The third-order valence-corrected chi connectivity index (χ3v) is 1.97. The maximum atomic E-state index is 4.18. The molecule has 2 heterocycles. The summed E-state index contributed by atoms with van der Waals surface area (Å²) in [4.78, 5) is 8.36. The van der Waals surface area contributed by atoms with Crippen molar-refractivity contribution in [1.29, 1.82) is 0 Å². The lowest BCUT2D eigenvalue weighted by Crippen LogP contribution is -1.88. The summed E-state index contributed by atoms with van der Waals surface area (Å²) >= 11 is 0. The Morgan fingerprint density at radius 1 is 1.23 bits per heavy atom. The smallest absolute Gasteiger partial charge is 0.159 e. The second kappa shape index (κ2) is 3.35. The normalized spacial score (nSPS) is 10.2. The molecule has 0 amide bonds. The summed E-state index contributed by atoms with van der Waals surface area (Å²) in [6, 6.07) is 5.97. The number of hydrogen-bond acceptors (Lipinski definition) is 2. The summed E-state index contributed by atoms with van der Waals surface area (Å²) in [5, 5.41) is 1.12. The molecular weight excluding hydrogens is 160 g/mol. The second-order valence-electron chi connectivity index (χ2n) is 2.84. The van der Waals surface area contributed by atoms with Gasteiger partial charge in [-0.2, -0.15) is 0 Å². The van der Waals surface area contributed by atoms with Crippen molar-refractivity contribution in [1.82, 2.24) is 9.97 Å². The van der Waals surface area contributed by atoms with Gasteiger partial charge >= 0.3 is 0 Å². The zero-order valence-electron chi connectivity index (χ0n) is 7.27. The second-order valence-corrected chi connectivity index (χ2v) is 2.84. The molecule has 0 bridgehead atoms. The van der Waals surface area contributed by atoms with Gasteiger partial charge in [0.25, 0.3) is 0 Å². The summed E-state index contributed by atoms with van der Waals surface area (Å²) in [6.07, 6.45) is 6.30. The minimum absolute atomic E-state index is 0.807. The van der Waals surface area contributed by atoms with Gasteiger partial charge in [-0.15, -0.1) is 6.58 Å². The van der Waals surface area contributed by atoms with Gasteiger partial charge in [-0.25, -0.2) is 9.97 Å². The highest BCUT2D eigenvalue weighted by atomic mass is 14.8. The van der Waals surface area contributed by atoms with Crippen LogP contribution in [0.2, 0.25) is 0 Å². The van der Waals surface area contributed by atoms with Crippen LogP contribution in [0, 0.1) is 0 Å². The molecule has 2 rings (SSSR count). The van der Waals surface area contributed by atoms with E-state index >= 15 is 0 Å². The van der Waals surface area contributed by atoms with E-state index in [1.807, 2.05) is 24.3 Å². The molecule has 0 saturated heterocycles. The Labute approximate surface area is 77.0 Å². The molecule has 0 N–H and O–H groups in total. The Morgan fingerprint density at radius 2 is 2.08 bits per heavy atom. The third-order valence-electron chi connectivity index (χ3n) is 1.97. The summed E-state index contributed by atoms with van der Waals surface area (Å²) in [6.45, 7) is 3.72. The van der Waals surface area contributed by atoms with Gasteiger partial charge in [0, 0.05) is 17.8 Å². The van der Waals surface area contributed by atoms with E-state index in [-0.39, 0.29) is 0 Å². The molecule has 64 valence electrons. The van der Waals surface area contributed by atoms with E-state index < -0.39 is 0 Å². The lowest BCUT2D eigenvalue weighted by atomic mass is 10.1. The van der Waals surface area contributed by atoms with Crippen molar-refractivity contribution >= 4 is 11.0 Å². The Hall–Kier alpha value is -1.70. The molecule has 2 nitrogen and oxygen atoms in total. The first-order valence-corrected chi connectivity index (χ1v) is 4.21. The van der Waals surface area contributed by atoms with Gasteiger partial charge in [-0.3, -0.25) is 0 Å². The number of allylic oxidation sites excluding steroid dienone is 1. The van der Waals surface area contributed by atoms with E-state index in [9.17, 15) is 0 Å². The first kappa shape index (κ1) is 7.92. The average molecular weight is 170 g/mol.